The van der Waals surface area contributed by atoms with Crippen LogP contribution in [0, 0.1) is 13.8 Å². The second kappa shape index (κ2) is 6.82. The number of aryl methyl sites for hydroxylation is 2. The molecule has 21 heavy (non-hydrogen) atoms. The van der Waals surface area contributed by atoms with Gasteiger partial charge in [-0.1, -0.05) is 0 Å². The van der Waals surface area contributed by atoms with Crippen molar-refractivity contribution in [2.24, 2.45) is 0 Å². The van der Waals surface area contributed by atoms with E-state index in [4.69, 9.17) is 0 Å². The Kier molecular flexibility index (Phi) is 5.08. The molecular weight excluding hydrogens is 286 g/mol. The average molecular weight is 307 g/mol. The van der Waals surface area contributed by atoms with Gasteiger partial charge in [-0.3, -0.25) is 9.48 Å². The Morgan fingerprint density at radius 2 is 2.19 bits per heavy atom. The highest BCUT2D eigenvalue weighted by Crippen LogP contribution is 2.14. The highest BCUT2D eigenvalue weighted by molar-refractivity contribution is 7.13. The first kappa shape index (κ1) is 15.7. The van der Waals surface area contributed by atoms with E-state index in [1.807, 2.05) is 43.2 Å². The number of thiazole rings is 1. The van der Waals surface area contributed by atoms with Gasteiger partial charge in [0.1, 0.15) is 0 Å². The third kappa shape index (κ3) is 4.37. The first-order chi connectivity index (χ1) is 9.95. The maximum absolute atomic E-state index is 11.9. The second-order valence-corrected chi connectivity index (χ2v) is 6.11. The Hall–Kier alpha value is -1.73. The molecule has 114 valence electrons. The Labute approximate surface area is 128 Å². The van der Waals surface area contributed by atoms with Gasteiger partial charge in [-0.15, -0.1) is 11.3 Å². The second-order valence-electron chi connectivity index (χ2n) is 5.25. The number of anilines is 1. The quantitative estimate of drug-likeness (QED) is 0.857. The number of rotatable bonds is 6. The Morgan fingerprint density at radius 3 is 2.76 bits per heavy atom. The molecule has 0 aliphatic rings. The van der Waals surface area contributed by atoms with Gasteiger partial charge in [-0.2, -0.15) is 5.10 Å². The molecule has 2 atom stereocenters. The summed E-state index contributed by atoms with van der Waals surface area (Å²) in [6, 6.07) is 0.307. The predicted molar refractivity (Wildman–Crippen MR) is 84.6 cm³/mol. The lowest BCUT2D eigenvalue weighted by molar-refractivity contribution is -0.115. The van der Waals surface area contributed by atoms with Crippen LogP contribution in [0.4, 0.5) is 5.13 Å². The van der Waals surface area contributed by atoms with Crippen LogP contribution in [0.25, 0.3) is 0 Å². The van der Waals surface area contributed by atoms with Crippen molar-refractivity contribution in [3.05, 3.63) is 29.0 Å². The summed E-state index contributed by atoms with van der Waals surface area (Å²) in [5, 5.41) is 12.9. The number of carbonyl (C=O) groups excluding carboxylic acids is 1. The minimum atomic E-state index is -0.0833. The fourth-order valence-electron chi connectivity index (χ4n) is 1.88. The van der Waals surface area contributed by atoms with E-state index in [0.29, 0.717) is 5.13 Å². The Bertz CT molecular complexity index is 606. The zero-order chi connectivity index (χ0) is 15.4. The Balaban J connectivity index is 1.80. The smallest absolute Gasteiger partial charge is 0.240 e. The van der Waals surface area contributed by atoms with E-state index >= 15 is 0 Å². The molecule has 0 radical (unpaired) electrons. The topological polar surface area (TPSA) is 71.8 Å². The molecule has 0 bridgehead atoms. The van der Waals surface area contributed by atoms with Crippen molar-refractivity contribution in [1.29, 1.82) is 0 Å². The van der Waals surface area contributed by atoms with Gasteiger partial charge >= 0.3 is 0 Å². The number of hydrogen-bond acceptors (Lipinski definition) is 5. The fraction of sp³-hybridized carbons (Fsp3) is 0.500. The summed E-state index contributed by atoms with van der Waals surface area (Å²) >= 11 is 1.43. The van der Waals surface area contributed by atoms with Crippen molar-refractivity contribution in [2.45, 2.75) is 39.8 Å². The third-order valence-corrected chi connectivity index (χ3v) is 4.20. The number of nitrogens with zero attached hydrogens (tertiary/aromatic N) is 3. The molecule has 0 saturated carbocycles. The van der Waals surface area contributed by atoms with Crippen molar-refractivity contribution >= 4 is 22.4 Å². The van der Waals surface area contributed by atoms with Gasteiger partial charge in [0.2, 0.25) is 5.91 Å². The Morgan fingerprint density at radius 1 is 1.43 bits per heavy atom. The highest BCUT2D eigenvalue weighted by atomic mass is 32.1. The van der Waals surface area contributed by atoms with E-state index in [1.165, 1.54) is 11.3 Å². The molecule has 0 aromatic carbocycles. The minimum Gasteiger partial charge on any atom is -0.304 e. The molecule has 6 nitrogen and oxygen atoms in total. The maximum atomic E-state index is 11.9. The summed E-state index contributed by atoms with van der Waals surface area (Å²) in [5.41, 5.74) is 2.05. The molecule has 2 aromatic heterocycles. The molecule has 0 fully saturated rings. The molecule has 2 N–H and O–H groups in total. The van der Waals surface area contributed by atoms with E-state index in [1.54, 1.807) is 0 Å². The monoisotopic (exact) mass is 307 g/mol. The number of aromatic nitrogens is 3. The maximum Gasteiger partial charge on any atom is 0.240 e. The third-order valence-electron chi connectivity index (χ3n) is 3.32. The van der Waals surface area contributed by atoms with E-state index in [2.05, 4.69) is 27.6 Å². The molecule has 0 saturated heterocycles. The van der Waals surface area contributed by atoms with Gasteiger partial charge in [0, 0.05) is 17.6 Å². The molecule has 1 amide bonds. The first-order valence-corrected chi connectivity index (χ1v) is 7.80. The van der Waals surface area contributed by atoms with E-state index in [-0.39, 0.29) is 24.5 Å². The standard InChI is InChI=1S/C14H21N5OS/c1-9-5-16-19(7-9)12(4)11(3)15-6-13(20)18-14-17-10(2)8-21-14/h5,7-8,11-12,15H,6H2,1-4H3,(H,17,18,20). The lowest BCUT2D eigenvalue weighted by Gasteiger charge is -2.21. The van der Waals surface area contributed by atoms with Crippen LogP contribution >= 0.6 is 11.3 Å². The van der Waals surface area contributed by atoms with Gasteiger partial charge in [0.25, 0.3) is 0 Å². The highest BCUT2D eigenvalue weighted by Gasteiger charge is 2.15. The zero-order valence-corrected chi connectivity index (χ0v) is 13.6. The number of amides is 1. The predicted octanol–water partition coefficient (Wildman–Crippen LogP) is 2.13. The van der Waals surface area contributed by atoms with Crippen molar-refractivity contribution in [3.8, 4) is 0 Å². The van der Waals surface area contributed by atoms with Crippen LogP contribution in [0.2, 0.25) is 0 Å². The van der Waals surface area contributed by atoms with Gasteiger partial charge < -0.3 is 10.6 Å². The van der Waals surface area contributed by atoms with Gasteiger partial charge in [0.15, 0.2) is 5.13 Å². The molecule has 7 heteroatoms. The van der Waals surface area contributed by atoms with Gasteiger partial charge in [-0.05, 0) is 33.3 Å². The van der Waals surface area contributed by atoms with Crippen LogP contribution in [-0.4, -0.2) is 33.3 Å². The van der Waals surface area contributed by atoms with E-state index in [0.717, 1.165) is 11.3 Å². The van der Waals surface area contributed by atoms with Crippen LogP contribution in [-0.2, 0) is 4.79 Å². The number of hydrogen-bond donors (Lipinski definition) is 2. The van der Waals surface area contributed by atoms with Crippen molar-refractivity contribution < 1.29 is 4.79 Å². The molecule has 0 spiro atoms. The van der Waals surface area contributed by atoms with Crippen LogP contribution in [0.5, 0.6) is 0 Å². The summed E-state index contributed by atoms with van der Waals surface area (Å²) in [5.74, 6) is -0.0833. The lowest BCUT2D eigenvalue weighted by atomic mass is 10.2. The summed E-state index contributed by atoms with van der Waals surface area (Å²) in [6.45, 7) is 8.29. The van der Waals surface area contributed by atoms with Crippen LogP contribution in [0.1, 0.15) is 31.1 Å². The molecular formula is C14H21N5OS. The summed E-state index contributed by atoms with van der Waals surface area (Å²) < 4.78 is 1.91. The summed E-state index contributed by atoms with van der Waals surface area (Å²) in [6.07, 6.45) is 3.84. The SMILES string of the molecule is Cc1cnn(C(C)C(C)NCC(=O)Nc2nc(C)cs2)c1. The zero-order valence-electron chi connectivity index (χ0n) is 12.8. The van der Waals surface area contributed by atoms with E-state index < -0.39 is 0 Å². The molecule has 2 rings (SSSR count). The van der Waals surface area contributed by atoms with Crippen LogP contribution in [0.15, 0.2) is 17.8 Å². The van der Waals surface area contributed by atoms with Gasteiger partial charge in [0.05, 0.1) is 24.5 Å². The summed E-state index contributed by atoms with van der Waals surface area (Å²) in [4.78, 5) is 16.1. The molecule has 2 aromatic rings. The van der Waals surface area contributed by atoms with Gasteiger partial charge in [-0.25, -0.2) is 4.98 Å². The van der Waals surface area contributed by atoms with Crippen molar-refractivity contribution in [1.82, 2.24) is 20.1 Å². The van der Waals surface area contributed by atoms with Crippen molar-refractivity contribution in [2.75, 3.05) is 11.9 Å². The van der Waals surface area contributed by atoms with Crippen LogP contribution in [0.3, 0.4) is 0 Å². The molecule has 0 aliphatic heterocycles. The number of nitrogens with one attached hydrogen (secondary N) is 2. The largest absolute Gasteiger partial charge is 0.304 e. The lowest BCUT2D eigenvalue weighted by Crippen LogP contribution is -2.39. The summed E-state index contributed by atoms with van der Waals surface area (Å²) in [7, 11) is 0. The first-order valence-electron chi connectivity index (χ1n) is 6.92. The molecule has 2 heterocycles. The average Bonchev–Trinajstić information content (AvgIpc) is 3.04. The number of carbonyl (C=O) groups is 1. The normalized spacial score (nSPS) is 13.9. The molecule has 2 unspecified atom stereocenters. The fourth-order valence-corrected chi connectivity index (χ4v) is 2.59. The van der Waals surface area contributed by atoms with Crippen LogP contribution < -0.4 is 10.6 Å². The molecule has 0 aliphatic carbocycles. The minimum absolute atomic E-state index is 0.0833. The van der Waals surface area contributed by atoms with E-state index in [9.17, 15) is 4.79 Å². The van der Waals surface area contributed by atoms with Crippen molar-refractivity contribution in [3.63, 3.8) is 0 Å².